The molecule has 0 radical (unpaired) electrons. The maximum Gasteiger partial charge on any atom is -0.0590 e. The van der Waals surface area contributed by atoms with Crippen LogP contribution in [0.4, 0.5) is 0 Å². The summed E-state index contributed by atoms with van der Waals surface area (Å²) in [5, 5.41) is 0. The monoisotopic (exact) mass is 329 g/mol. The van der Waals surface area contributed by atoms with Gasteiger partial charge in [-0.1, -0.05) is 20.3 Å². The topological polar surface area (TPSA) is 9.23 Å². The van der Waals surface area contributed by atoms with Crippen molar-refractivity contribution in [3.8, 4) is 5.75 Å². The Labute approximate surface area is 110 Å². The fourth-order valence-electron chi connectivity index (χ4n) is 0.968. The van der Waals surface area contributed by atoms with Crippen molar-refractivity contribution in [2.45, 2.75) is 40.2 Å². The van der Waals surface area contributed by atoms with E-state index < -0.39 is 0 Å². The van der Waals surface area contributed by atoms with Crippen LogP contribution in [0.15, 0.2) is 24.3 Å². The minimum atomic E-state index is -0.191. The molecular weight excluding hydrogens is 309 g/mol. The van der Waals surface area contributed by atoms with Crippen molar-refractivity contribution in [2.24, 2.45) is 0 Å². The van der Waals surface area contributed by atoms with E-state index in [1.165, 1.54) is 6.42 Å². The Morgan fingerprint density at radius 2 is 1.88 bits per heavy atom. The summed E-state index contributed by atoms with van der Waals surface area (Å²) in [5.74, 6) is 0.924. The summed E-state index contributed by atoms with van der Waals surface area (Å²) in [4.78, 5) is 0. The zero-order chi connectivity index (χ0) is 12.4. The number of halogens is 1. The molecular formula is C13H20ClORu. The second-order valence-corrected chi connectivity index (χ2v) is 5.38. The zero-order valence-corrected chi connectivity index (χ0v) is 12.8. The smallest absolute Gasteiger partial charge is 0.0590 e. The van der Waals surface area contributed by atoms with E-state index in [0.29, 0.717) is 0 Å². The number of hydrogen-bond acceptors (Lipinski definition) is 1. The SMILES string of the molecule is CC(C)Oc1ccccc1[CH]=[Ru][Cl].CCC. The second kappa shape index (κ2) is 9.99. The third kappa shape index (κ3) is 7.14. The van der Waals surface area contributed by atoms with Crippen molar-refractivity contribution in [3.05, 3.63) is 29.8 Å². The maximum atomic E-state index is 5.72. The molecule has 0 heterocycles. The normalized spacial score (nSPS) is 10.6. The van der Waals surface area contributed by atoms with Crippen LogP contribution in [-0.4, -0.2) is 10.7 Å². The summed E-state index contributed by atoms with van der Waals surface area (Å²) in [6, 6.07) is 7.96. The minimum absolute atomic E-state index is 0.191. The molecule has 3 heteroatoms. The summed E-state index contributed by atoms with van der Waals surface area (Å²) in [6.07, 6.45) is 1.46. The first kappa shape index (κ1) is 15.8. The van der Waals surface area contributed by atoms with Crippen LogP contribution in [-0.2, 0) is 15.7 Å². The molecule has 0 amide bonds. The van der Waals surface area contributed by atoms with E-state index in [1.54, 1.807) is 0 Å². The maximum absolute atomic E-state index is 5.72. The molecule has 0 atom stereocenters. The van der Waals surface area contributed by atoms with Crippen LogP contribution >= 0.6 is 9.69 Å². The van der Waals surface area contributed by atoms with Gasteiger partial charge < -0.3 is 0 Å². The average Bonchev–Trinajstić information content (AvgIpc) is 2.22. The molecule has 1 rings (SSSR count). The van der Waals surface area contributed by atoms with E-state index in [-0.39, 0.29) is 21.8 Å². The Morgan fingerprint density at radius 3 is 2.38 bits per heavy atom. The summed E-state index contributed by atoms with van der Waals surface area (Å²) in [7, 11) is 5.72. The third-order valence-corrected chi connectivity index (χ3v) is 2.62. The molecule has 0 unspecified atom stereocenters. The van der Waals surface area contributed by atoms with E-state index >= 15 is 0 Å². The van der Waals surface area contributed by atoms with Crippen LogP contribution in [0.1, 0.15) is 39.7 Å². The second-order valence-electron chi connectivity index (χ2n) is 3.59. The van der Waals surface area contributed by atoms with E-state index in [0.717, 1.165) is 11.3 Å². The first-order valence-electron chi connectivity index (χ1n) is 5.46. The van der Waals surface area contributed by atoms with Crippen molar-refractivity contribution >= 4 is 14.3 Å². The van der Waals surface area contributed by atoms with Gasteiger partial charge in [0.15, 0.2) is 0 Å². The predicted octanol–water partition coefficient (Wildman–Crippen LogP) is 4.28. The Balaban J connectivity index is 0.000000673. The Morgan fingerprint density at radius 1 is 1.31 bits per heavy atom. The molecule has 0 spiro atoms. The van der Waals surface area contributed by atoms with E-state index in [2.05, 4.69) is 13.8 Å². The Hall–Kier alpha value is -0.197. The fourth-order valence-corrected chi connectivity index (χ4v) is 2.08. The first-order valence-corrected chi connectivity index (χ1v) is 8.70. The van der Waals surface area contributed by atoms with Gasteiger partial charge in [-0.15, -0.1) is 0 Å². The molecule has 1 nitrogen and oxygen atoms in total. The number of rotatable bonds is 3. The van der Waals surface area contributed by atoms with Crippen molar-refractivity contribution in [2.75, 3.05) is 0 Å². The van der Waals surface area contributed by atoms with Gasteiger partial charge in [-0.05, 0) is 0 Å². The Kier molecular flexibility index (Phi) is 9.87. The fraction of sp³-hybridized carbons (Fsp3) is 0.462. The molecule has 16 heavy (non-hydrogen) atoms. The summed E-state index contributed by atoms with van der Waals surface area (Å²) < 4.78 is 7.66. The number of para-hydroxylation sites is 1. The molecule has 0 aliphatic rings. The van der Waals surface area contributed by atoms with Gasteiger partial charge in [0, 0.05) is 0 Å². The van der Waals surface area contributed by atoms with Crippen LogP contribution in [0.5, 0.6) is 5.75 Å². The van der Waals surface area contributed by atoms with Crippen molar-refractivity contribution in [1.29, 1.82) is 0 Å². The molecule has 0 saturated carbocycles. The Bertz CT molecular complexity index is 311. The van der Waals surface area contributed by atoms with Gasteiger partial charge >= 0.3 is 90.3 Å². The van der Waals surface area contributed by atoms with Gasteiger partial charge in [0.25, 0.3) is 0 Å². The number of benzene rings is 1. The van der Waals surface area contributed by atoms with Gasteiger partial charge in [0.1, 0.15) is 0 Å². The van der Waals surface area contributed by atoms with Gasteiger partial charge in [0.05, 0.1) is 0 Å². The average molecular weight is 329 g/mol. The van der Waals surface area contributed by atoms with Gasteiger partial charge in [-0.3, -0.25) is 0 Å². The first-order chi connectivity index (χ1) is 7.65. The van der Waals surface area contributed by atoms with E-state index in [4.69, 9.17) is 14.4 Å². The van der Waals surface area contributed by atoms with Crippen LogP contribution in [0.25, 0.3) is 0 Å². The van der Waals surface area contributed by atoms with Gasteiger partial charge in [0.2, 0.25) is 0 Å². The standard InChI is InChI=1S/C10H12O.C3H8.ClH.Ru/c1-8(2)11-10-7-5-4-6-9(10)3;1-3-2;;/h3-8H,1-2H3;3H2,1-2H3;1H;/q;;;+1/p-1. The molecule has 0 N–H and O–H groups in total. The molecule has 0 bridgehead atoms. The molecule has 0 saturated heterocycles. The summed E-state index contributed by atoms with van der Waals surface area (Å²) >= 11 is -0.191. The quantitative estimate of drug-likeness (QED) is 0.753. The zero-order valence-electron chi connectivity index (χ0n) is 10.3. The van der Waals surface area contributed by atoms with Crippen molar-refractivity contribution in [1.82, 2.24) is 0 Å². The molecule has 1 aromatic carbocycles. The van der Waals surface area contributed by atoms with Crippen LogP contribution in [0.2, 0.25) is 0 Å². The molecule has 0 aliphatic heterocycles. The predicted molar refractivity (Wildman–Crippen MR) is 69.2 cm³/mol. The van der Waals surface area contributed by atoms with Crippen LogP contribution in [0.3, 0.4) is 0 Å². The van der Waals surface area contributed by atoms with Crippen molar-refractivity contribution in [3.63, 3.8) is 0 Å². The number of ether oxygens (including phenoxy) is 1. The number of hydrogen-bond donors (Lipinski definition) is 0. The van der Waals surface area contributed by atoms with Gasteiger partial charge in [-0.2, -0.15) is 0 Å². The molecule has 0 aromatic heterocycles. The summed E-state index contributed by atoms with van der Waals surface area (Å²) in [5.41, 5.74) is 1.10. The van der Waals surface area contributed by atoms with Crippen LogP contribution < -0.4 is 4.74 Å². The third-order valence-electron chi connectivity index (χ3n) is 1.43. The van der Waals surface area contributed by atoms with Gasteiger partial charge in [-0.25, -0.2) is 0 Å². The summed E-state index contributed by atoms with van der Waals surface area (Å²) in [6.45, 7) is 8.29. The van der Waals surface area contributed by atoms with Crippen molar-refractivity contribution < 1.29 is 20.4 Å². The molecule has 93 valence electrons. The van der Waals surface area contributed by atoms with E-state index in [9.17, 15) is 0 Å². The van der Waals surface area contributed by atoms with E-state index in [1.807, 2.05) is 42.7 Å². The molecule has 0 fully saturated rings. The molecule has 0 aliphatic carbocycles. The largest absolute Gasteiger partial charge is 0.0656 e. The molecule has 1 aromatic rings. The van der Waals surface area contributed by atoms with Crippen LogP contribution in [0, 0.1) is 0 Å². The minimum Gasteiger partial charge on any atom is -0.0656 e.